The summed E-state index contributed by atoms with van der Waals surface area (Å²) in [6, 6.07) is 3.77. The second-order valence-corrected chi connectivity index (χ2v) is 9.51. The molecule has 2 aliphatic heterocycles. The van der Waals surface area contributed by atoms with E-state index < -0.39 is 0 Å². The van der Waals surface area contributed by atoms with Crippen LogP contribution >= 0.6 is 0 Å². The average molecular weight is 414 g/mol. The average Bonchev–Trinajstić information content (AvgIpc) is 3.16. The highest BCUT2D eigenvalue weighted by Crippen LogP contribution is 2.38. The number of amides is 2. The first-order valence-electron chi connectivity index (χ1n) is 10.8. The number of rotatable bonds is 3. The molecular formula is C22H31N5O3. The van der Waals surface area contributed by atoms with Crippen molar-refractivity contribution in [2.45, 2.75) is 64.0 Å². The zero-order chi connectivity index (χ0) is 21.2. The summed E-state index contributed by atoms with van der Waals surface area (Å²) in [6.45, 7) is 8.20. The molecule has 1 N–H and O–H groups in total. The summed E-state index contributed by atoms with van der Waals surface area (Å²) < 4.78 is 11.8. The lowest BCUT2D eigenvalue weighted by atomic mass is 9.78. The lowest BCUT2D eigenvalue weighted by Gasteiger charge is -2.46. The number of carbonyl (C=O) groups excluding carboxylic acids is 1. The maximum absolute atomic E-state index is 12.5. The van der Waals surface area contributed by atoms with Crippen LogP contribution in [0.3, 0.4) is 0 Å². The number of aromatic nitrogens is 3. The van der Waals surface area contributed by atoms with Gasteiger partial charge < -0.3 is 19.5 Å². The van der Waals surface area contributed by atoms with E-state index >= 15 is 0 Å². The van der Waals surface area contributed by atoms with Crippen LogP contribution in [-0.2, 0) is 11.2 Å². The predicted octanol–water partition coefficient (Wildman–Crippen LogP) is 3.44. The number of likely N-dealkylation sites (tertiary alicyclic amines) is 1. The monoisotopic (exact) mass is 413 g/mol. The lowest BCUT2D eigenvalue weighted by Crippen LogP contribution is -2.55. The van der Waals surface area contributed by atoms with Crippen molar-refractivity contribution in [1.82, 2.24) is 25.3 Å². The van der Waals surface area contributed by atoms with E-state index in [9.17, 15) is 4.79 Å². The predicted molar refractivity (Wildman–Crippen MR) is 112 cm³/mol. The first kappa shape index (κ1) is 20.8. The molecule has 2 amide bonds. The summed E-state index contributed by atoms with van der Waals surface area (Å²) in [5, 5.41) is 7.17. The smallest absolute Gasteiger partial charge is 0.317 e. The molecule has 2 aromatic rings. The van der Waals surface area contributed by atoms with Gasteiger partial charge in [-0.05, 0) is 64.5 Å². The number of hydrogen-bond donors (Lipinski definition) is 1. The van der Waals surface area contributed by atoms with Gasteiger partial charge in [-0.25, -0.2) is 4.79 Å². The van der Waals surface area contributed by atoms with E-state index in [2.05, 4.69) is 20.4 Å². The van der Waals surface area contributed by atoms with E-state index in [4.69, 9.17) is 9.26 Å². The maximum Gasteiger partial charge on any atom is 0.317 e. The topological polar surface area (TPSA) is 93.4 Å². The molecule has 8 heteroatoms. The van der Waals surface area contributed by atoms with Gasteiger partial charge in [-0.1, -0.05) is 5.16 Å². The molecule has 2 aromatic heterocycles. The van der Waals surface area contributed by atoms with Crippen molar-refractivity contribution in [3.63, 3.8) is 0 Å². The fraction of sp³-hybridized carbons (Fsp3) is 0.636. The van der Waals surface area contributed by atoms with Gasteiger partial charge >= 0.3 is 6.03 Å². The van der Waals surface area contributed by atoms with Crippen molar-refractivity contribution < 1.29 is 14.1 Å². The van der Waals surface area contributed by atoms with E-state index in [0.29, 0.717) is 17.6 Å². The Morgan fingerprint density at radius 3 is 2.70 bits per heavy atom. The Hall–Kier alpha value is -2.48. The quantitative estimate of drug-likeness (QED) is 0.828. The second-order valence-electron chi connectivity index (χ2n) is 9.51. The van der Waals surface area contributed by atoms with Crippen molar-refractivity contribution in [1.29, 1.82) is 0 Å². The first-order valence-corrected chi connectivity index (χ1v) is 10.8. The summed E-state index contributed by atoms with van der Waals surface area (Å²) in [6.07, 6.45) is 7.90. The van der Waals surface area contributed by atoms with Crippen molar-refractivity contribution >= 4 is 6.03 Å². The largest absolute Gasteiger partial charge is 0.375 e. The van der Waals surface area contributed by atoms with Crippen LogP contribution in [0, 0.1) is 5.92 Å². The molecule has 162 valence electrons. The molecule has 1 atom stereocenters. The summed E-state index contributed by atoms with van der Waals surface area (Å²) in [4.78, 5) is 23.0. The SMILES string of the molecule is CC(C)(C)NC(=O)N1CCC2(CC1)CC(Cc1nc(-c3ccncc3)no1)CCO2. The third kappa shape index (κ3) is 4.98. The standard InChI is InChI=1S/C22H31N5O3/c1-21(2,3)25-20(28)27-11-7-22(8-12-27)15-16(6-13-29-22)14-18-24-19(26-30-18)17-4-9-23-10-5-17/h4-5,9-10,16H,6-8,11-15H2,1-3H3,(H,25,28). The number of carbonyl (C=O) groups is 1. The number of urea groups is 1. The Bertz CT molecular complexity index is 853. The molecule has 2 aliphatic rings. The van der Waals surface area contributed by atoms with Gasteiger partial charge in [-0.15, -0.1) is 0 Å². The van der Waals surface area contributed by atoms with Gasteiger partial charge in [0, 0.05) is 49.6 Å². The molecule has 4 rings (SSSR count). The third-order valence-electron chi connectivity index (χ3n) is 5.91. The maximum atomic E-state index is 12.5. The third-order valence-corrected chi connectivity index (χ3v) is 5.91. The number of nitrogens with zero attached hydrogens (tertiary/aromatic N) is 4. The zero-order valence-electron chi connectivity index (χ0n) is 18.1. The summed E-state index contributed by atoms with van der Waals surface area (Å²) >= 11 is 0. The Labute approximate surface area is 177 Å². The fourth-order valence-corrected chi connectivity index (χ4v) is 4.37. The van der Waals surface area contributed by atoms with Gasteiger partial charge in [0.1, 0.15) is 0 Å². The van der Waals surface area contributed by atoms with E-state index in [1.165, 1.54) is 0 Å². The number of pyridine rings is 1. The minimum atomic E-state index is -0.224. The molecule has 2 saturated heterocycles. The van der Waals surface area contributed by atoms with Crippen LogP contribution in [0.25, 0.3) is 11.4 Å². The number of nitrogens with one attached hydrogen (secondary N) is 1. The molecule has 30 heavy (non-hydrogen) atoms. The Kier molecular flexibility index (Phi) is 5.77. The van der Waals surface area contributed by atoms with E-state index in [-0.39, 0.29) is 17.2 Å². The molecular weight excluding hydrogens is 382 g/mol. The van der Waals surface area contributed by atoms with Crippen LogP contribution in [-0.4, -0.2) is 56.9 Å². The van der Waals surface area contributed by atoms with Gasteiger partial charge in [-0.2, -0.15) is 4.98 Å². The van der Waals surface area contributed by atoms with Crippen LogP contribution in [0.15, 0.2) is 29.0 Å². The summed E-state index contributed by atoms with van der Waals surface area (Å²) in [5.74, 6) is 1.72. The molecule has 0 radical (unpaired) electrons. The van der Waals surface area contributed by atoms with Crippen molar-refractivity contribution in [2.24, 2.45) is 5.92 Å². The first-order chi connectivity index (χ1) is 14.3. The molecule has 1 unspecified atom stereocenters. The molecule has 8 nitrogen and oxygen atoms in total. The molecule has 0 saturated carbocycles. The van der Waals surface area contributed by atoms with Crippen LogP contribution in [0.5, 0.6) is 0 Å². The van der Waals surface area contributed by atoms with E-state index in [0.717, 1.165) is 57.4 Å². The highest BCUT2D eigenvalue weighted by Gasteiger charge is 2.41. The summed E-state index contributed by atoms with van der Waals surface area (Å²) in [7, 11) is 0. The minimum Gasteiger partial charge on any atom is -0.375 e. The summed E-state index contributed by atoms with van der Waals surface area (Å²) in [5.41, 5.74) is 0.539. The molecule has 2 fully saturated rings. The molecule has 0 aromatic carbocycles. The van der Waals surface area contributed by atoms with Crippen LogP contribution in [0.4, 0.5) is 4.79 Å². The normalized spacial score (nSPS) is 21.6. The molecule has 4 heterocycles. The second kappa shape index (κ2) is 8.34. The lowest BCUT2D eigenvalue weighted by molar-refractivity contribution is -0.123. The Morgan fingerprint density at radius 2 is 2.00 bits per heavy atom. The fourth-order valence-electron chi connectivity index (χ4n) is 4.37. The molecule has 0 aliphatic carbocycles. The number of piperidine rings is 1. The van der Waals surface area contributed by atoms with Gasteiger partial charge in [0.15, 0.2) is 0 Å². The highest BCUT2D eigenvalue weighted by atomic mass is 16.5. The zero-order valence-corrected chi connectivity index (χ0v) is 18.1. The van der Waals surface area contributed by atoms with Crippen molar-refractivity contribution in [2.75, 3.05) is 19.7 Å². The van der Waals surface area contributed by atoms with Gasteiger partial charge in [0.05, 0.1) is 5.60 Å². The van der Waals surface area contributed by atoms with Crippen molar-refractivity contribution in [3.05, 3.63) is 30.4 Å². The van der Waals surface area contributed by atoms with Crippen molar-refractivity contribution in [3.8, 4) is 11.4 Å². The van der Waals surface area contributed by atoms with Crippen LogP contribution in [0.2, 0.25) is 0 Å². The highest BCUT2D eigenvalue weighted by molar-refractivity contribution is 5.75. The molecule has 1 spiro atoms. The van der Waals surface area contributed by atoms with Crippen LogP contribution in [0.1, 0.15) is 52.3 Å². The Balaban J connectivity index is 1.33. The Morgan fingerprint density at radius 1 is 1.27 bits per heavy atom. The van der Waals surface area contributed by atoms with Gasteiger partial charge in [-0.3, -0.25) is 4.98 Å². The number of hydrogen-bond acceptors (Lipinski definition) is 6. The van der Waals surface area contributed by atoms with Gasteiger partial charge in [0.25, 0.3) is 0 Å². The van der Waals surface area contributed by atoms with Crippen LogP contribution < -0.4 is 5.32 Å². The van der Waals surface area contributed by atoms with E-state index in [1.54, 1.807) is 12.4 Å². The molecule has 0 bridgehead atoms. The number of ether oxygens (including phenoxy) is 1. The van der Waals surface area contributed by atoms with Gasteiger partial charge in [0.2, 0.25) is 11.7 Å². The minimum absolute atomic E-state index is 0.0132. The van der Waals surface area contributed by atoms with E-state index in [1.807, 2.05) is 37.8 Å².